The molecule has 0 aromatic rings. The first kappa shape index (κ1) is 115. The highest BCUT2D eigenvalue weighted by Gasteiger charge is 2.63. The van der Waals surface area contributed by atoms with Crippen molar-refractivity contribution >= 4 is 35.8 Å². The summed E-state index contributed by atoms with van der Waals surface area (Å²) in [5, 5.41) is 103. The number of hydrogen-bond donors (Lipinski definition) is 10. The highest BCUT2D eigenvalue weighted by atomic mass is 16.8. The van der Waals surface area contributed by atoms with Crippen LogP contribution >= 0.6 is 0 Å². The Labute approximate surface area is 838 Å². The molecule has 38 heteroatoms. The van der Waals surface area contributed by atoms with Gasteiger partial charge in [0, 0.05) is 117 Å². The van der Waals surface area contributed by atoms with Crippen molar-refractivity contribution in [3.63, 3.8) is 0 Å². The zero-order valence-corrected chi connectivity index (χ0v) is 86.3. The Morgan fingerprint density at radius 3 is 1.15 bits per heavy atom. The number of esters is 2. The fourth-order valence-corrected chi connectivity index (χ4v) is 22.5. The summed E-state index contributed by atoms with van der Waals surface area (Å²) in [4.78, 5) is 73.0. The number of carbonyl (C=O) groups excluding carboxylic acids is 2. The molecule has 0 aromatic carbocycles. The summed E-state index contributed by atoms with van der Waals surface area (Å²) in [6.45, 7) is 29.8. The molecule has 12 heterocycles. The zero-order chi connectivity index (χ0) is 104. The molecule has 0 unspecified atom stereocenters. The van der Waals surface area contributed by atoms with Crippen molar-refractivity contribution in [2.24, 2.45) is 47.3 Å². The molecule has 0 saturated carbocycles. The number of methoxy groups -OCH3 is 4. The molecule has 0 amide bonds. The third-order valence-electron chi connectivity index (χ3n) is 30.6. The van der Waals surface area contributed by atoms with Gasteiger partial charge in [-0.05, 0) is 126 Å². The zero-order valence-electron chi connectivity index (χ0n) is 86.3. The summed E-state index contributed by atoms with van der Waals surface area (Å²) in [6, 6.07) is 0. The second kappa shape index (κ2) is 50.2. The molecule has 38 nitrogen and oxygen atoms in total. The normalized spacial score (nSPS) is 43.8. The van der Waals surface area contributed by atoms with Gasteiger partial charge >= 0.3 is 35.8 Å². The summed E-state index contributed by atoms with van der Waals surface area (Å²) in [7, 11) is 6.44. The molecule has 804 valence electrons. The standard InChI is InChI=1S/C48H72O14.C47H70O14.C10H16N2O8/c1-11-25(2)43-28(5)17-18-47(62-43)23-34-20-33(61-47)16-15-27(4)42(26(3)13-12-14-32-24-55-45-40(49)29(6)19-35(46(51)58-34)48(32,45)52)59-39-22-37(54-10)44(31(8)57-39)60-38-21-36(53-9)41(50)30(7)56-38;1-24(2)41-27(5)16-17-46(61-41)22-33-19-32(60-46)15-14-26(4)42(25(3)12-11-13-31-23-54-44-39(48)28(6)18-34(45(50)57-33)47(31,44)51)58-38-21-36(53-10)43(30(8)56-38)59-37-20-35(52-9)40(49)29(7)55-37;13-7(14)3-11(4-8(15)16)1-2-12(5-9(17)18)6-10(19)20/h12-15,17-19,25-26,28,30-31,33-45,49-50,52H,11,16,20-24H2,1-10H3;11-14,16-18,24-25,27,29-30,32-44,48-49,51H,15,19-23H2,1-10H3;1-6H2,(H,13,14)(H,15,16)(H,17,18)(H,19,20)/b13-12+,27-15+,32-14+;12-11+,26-14+,31-13+;/t25-,26-,28-,30-,31-,33+,34-,35-,36-,37-,38-,39-,40+,41-,42-,43+,44-,45+,47+,48+;25-,27-,29-,30-,32+,33-,34-,35-,36-,37-,38-,39+,40-,41+,42-,43-,44+,46+,47+;/m00./s1. The summed E-state index contributed by atoms with van der Waals surface area (Å²) >= 11 is 0. The van der Waals surface area contributed by atoms with Gasteiger partial charge in [0.1, 0.15) is 84.1 Å². The largest absolute Gasteiger partial charge is 0.480 e. The van der Waals surface area contributed by atoms with Crippen LogP contribution in [0, 0.1) is 47.3 Å². The Kier molecular flexibility index (Phi) is 40.3. The van der Waals surface area contributed by atoms with E-state index in [9.17, 15) is 59.4 Å². The molecule has 143 heavy (non-hydrogen) atoms. The number of allylic oxidation sites excluding steroid dienone is 4. The SMILES string of the molecule is CC[C@H](C)[C@H]1O[C@]2(C=C[C@@H]1C)C[C@@H]1C[C@@H](C/C=C(\C)[C@@H](O[C@H]3C[C@H](OC)[C@@H](O[C@H]4C[C@H](OC)[C@@H](O)[C@H](C)O4)[C@H](C)O3)[C@@H](C)/C=C/C=C3\CO[C@@H]4[C@H](O)C(C)=C[C@@H](C(=O)O1)[C@]34O)O2.CO[C@H]1C[C@H](O[C@H]2[C@H](C)O[C@@H](O[C@@H]3/C(C)=C/C[C@@H]4C[C@@H](C[C@]5(C=C[C@H](C)[C@@H](C(C)C)O5)O4)OC(=O)[C@@H]4C=C(C)[C@@H](O)[C@H]5OC/C(=C\C=C\[C@@H]3C)[C@]54O)C[C@@H]2OC)O[C@@H](C)[C@@H]1O.O=C(O)CN(CCN(CC(=O)O)CC(=O)O)CC(=O)O. The minimum atomic E-state index is -1.84. The Bertz CT molecular complexity index is 4560. The van der Waals surface area contributed by atoms with Crippen molar-refractivity contribution in [2.75, 3.05) is 80.9 Å². The molecule has 14 aliphatic rings. The van der Waals surface area contributed by atoms with Gasteiger partial charge in [0.25, 0.3) is 0 Å². The fourth-order valence-electron chi connectivity index (χ4n) is 22.5. The molecule has 39 atom stereocenters. The van der Waals surface area contributed by atoms with Gasteiger partial charge in [-0.1, -0.05) is 135 Å². The first-order valence-electron chi connectivity index (χ1n) is 50.7. The smallest absolute Gasteiger partial charge is 0.317 e. The van der Waals surface area contributed by atoms with Crippen LogP contribution in [-0.4, -0.2) is 372 Å². The van der Waals surface area contributed by atoms with Crippen LogP contribution in [0.3, 0.4) is 0 Å². The molecule has 0 radical (unpaired) electrons. The monoisotopic (exact) mass is 2020 g/mol. The summed E-state index contributed by atoms with van der Waals surface area (Å²) in [5.41, 5.74) is 0.263. The predicted octanol–water partition coefficient (Wildman–Crippen LogP) is 8.29. The Balaban J connectivity index is 0.000000215. The lowest BCUT2D eigenvalue weighted by molar-refractivity contribution is -0.318. The van der Waals surface area contributed by atoms with Crippen molar-refractivity contribution < 1.29 is 175 Å². The van der Waals surface area contributed by atoms with E-state index >= 15 is 0 Å². The van der Waals surface area contributed by atoms with Crippen LogP contribution in [0.5, 0.6) is 0 Å². The number of nitrogens with zero attached hydrogens (tertiary/aromatic N) is 2. The number of rotatable bonds is 26. The second-order valence-electron chi connectivity index (χ2n) is 41.8. The number of ether oxygens (including phenoxy) is 20. The number of carbonyl (C=O) groups is 6. The topological polar surface area (TPSA) is 496 Å². The third kappa shape index (κ3) is 27.7. The van der Waals surface area contributed by atoms with Crippen LogP contribution in [0.1, 0.15) is 181 Å². The van der Waals surface area contributed by atoms with Crippen LogP contribution < -0.4 is 0 Å². The number of aliphatic hydroxyl groups is 6. The van der Waals surface area contributed by atoms with E-state index in [1.54, 1.807) is 80.4 Å². The van der Waals surface area contributed by atoms with Crippen molar-refractivity contribution in [3.05, 3.63) is 119 Å². The maximum Gasteiger partial charge on any atom is 0.317 e. The molecule has 2 aliphatic carbocycles. The van der Waals surface area contributed by atoms with Crippen molar-refractivity contribution in [3.8, 4) is 0 Å². The lowest BCUT2D eigenvalue weighted by Gasteiger charge is -2.48. The highest BCUT2D eigenvalue weighted by Crippen LogP contribution is 2.51. The van der Waals surface area contributed by atoms with E-state index in [1.807, 2.05) is 64.2 Å². The van der Waals surface area contributed by atoms with Gasteiger partial charge in [0.15, 0.2) is 36.7 Å². The van der Waals surface area contributed by atoms with E-state index in [0.717, 1.165) is 27.4 Å². The summed E-state index contributed by atoms with van der Waals surface area (Å²) < 4.78 is 127. The number of carboxylic acid groups (broad SMARTS) is 4. The quantitative estimate of drug-likeness (QED) is 0.0287. The van der Waals surface area contributed by atoms with Gasteiger partial charge < -0.3 is 146 Å². The van der Waals surface area contributed by atoms with E-state index in [2.05, 4.69) is 79.7 Å². The molecule has 8 saturated heterocycles. The summed E-state index contributed by atoms with van der Waals surface area (Å²) in [6.07, 6.45) is 16.1. The molecule has 0 aromatic heterocycles. The van der Waals surface area contributed by atoms with Gasteiger partial charge in [-0.25, -0.2) is 0 Å². The molecule has 12 aliphatic heterocycles. The van der Waals surface area contributed by atoms with E-state index < -0.39 is 232 Å². The molecular formula is C105H158N2O36. The number of aliphatic hydroxyl groups excluding tert-OH is 4. The molecule has 2 spiro atoms. The lowest BCUT2D eigenvalue weighted by Crippen LogP contribution is -2.58. The molecular weight excluding hydrogens is 1870 g/mol. The maximum atomic E-state index is 14.3. The van der Waals surface area contributed by atoms with Crippen LogP contribution in [0.2, 0.25) is 0 Å². The Hall–Kier alpha value is -6.82. The Morgan fingerprint density at radius 2 is 0.797 bits per heavy atom. The van der Waals surface area contributed by atoms with E-state index in [1.165, 1.54) is 0 Å². The van der Waals surface area contributed by atoms with Crippen LogP contribution in [0.4, 0.5) is 0 Å². The predicted molar refractivity (Wildman–Crippen MR) is 513 cm³/mol. The molecule has 4 bridgehead atoms. The molecule has 8 fully saturated rings. The first-order chi connectivity index (χ1) is 67.7. The van der Waals surface area contributed by atoms with Gasteiger partial charge in [-0.15, -0.1) is 0 Å². The molecule has 10 N–H and O–H groups in total. The van der Waals surface area contributed by atoms with E-state index in [-0.39, 0.29) is 98.4 Å². The second-order valence-corrected chi connectivity index (χ2v) is 41.8. The Morgan fingerprint density at radius 1 is 0.448 bits per heavy atom. The average molecular weight is 2020 g/mol. The van der Waals surface area contributed by atoms with Crippen molar-refractivity contribution in [1.29, 1.82) is 0 Å². The van der Waals surface area contributed by atoms with Crippen molar-refractivity contribution in [2.45, 2.75) is 376 Å². The number of hydrogen-bond acceptors (Lipinski definition) is 34. The minimum absolute atomic E-state index is 0.0313. The third-order valence-corrected chi connectivity index (χ3v) is 30.6. The van der Waals surface area contributed by atoms with Crippen molar-refractivity contribution in [1.82, 2.24) is 9.80 Å². The van der Waals surface area contributed by atoms with Gasteiger partial charge in [-0.2, -0.15) is 0 Å². The van der Waals surface area contributed by atoms with Crippen LogP contribution in [0.15, 0.2) is 119 Å². The first-order valence-corrected chi connectivity index (χ1v) is 50.7. The summed E-state index contributed by atoms with van der Waals surface area (Å²) in [5.74, 6) is -10.1. The maximum absolute atomic E-state index is 14.3. The number of aliphatic carboxylic acids is 4. The van der Waals surface area contributed by atoms with Gasteiger partial charge in [0.2, 0.25) is 0 Å². The van der Waals surface area contributed by atoms with Gasteiger partial charge in [-0.3, -0.25) is 38.6 Å². The van der Waals surface area contributed by atoms with Crippen LogP contribution in [-0.2, 0) is 124 Å². The van der Waals surface area contributed by atoms with Gasteiger partial charge in [0.05, 0.1) is 125 Å². The fraction of sp³-hybridized carbons (Fsp3) is 0.752. The number of fused-ring (bicyclic) bond motifs is 4. The van der Waals surface area contributed by atoms with E-state index in [4.69, 9.17) is 115 Å². The molecule has 14 rings (SSSR count). The highest BCUT2D eigenvalue weighted by molar-refractivity contribution is 5.80. The minimum Gasteiger partial charge on any atom is -0.480 e. The van der Waals surface area contributed by atoms with Crippen LogP contribution in [0.25, 0.3) is 0 Å². The lowest BCUT2D eigenvalue weighted by atomic mass is 9.71. The average Bonchev–Trinajstić information content (AvgIpc) is 1.60. The van der Waals surface area contributed by atoms with E-state index in [0.29, 0.717) is 86.5 Å². The number of carboxylic acids is 4.